The highest BCUT2D eigenvalue weighted by atomic mass is 16.5. The van der Waals surface area contributed by atoms with Gasteiger partial charge in [0.2, 0.25) is 0 Å². The topological polar surface area (TPSA) is 18.5 Å². The Morgan fingerprint density at radius 2 is 0.312 bits per heavy atom. The fourth-order valence-electron chi connectivity index (χ4n) is 7.24. The maximum atomic E-state index is 5.79. The molecule has 0 radical (unpaired) electrons. The van der Waals surface area contributed by atoms with Gasteiger partial charge in [-0.3, -0.25) is 0 Å². The highest BCUT2D eigenvalue weighted by Gasteiger charge is 1.98. The quantitative estimate of drug-likeness (QED) is 0.0597. The number of rotatable bonds is 45. The maximum absolute atomic E-state index is 5.79. The molecule has 0 atom stereocenters. The minimum atomic E-state index is 0.776. The Kier molecular flexibility index (Phi) is 46.8. The van der Waals surface area contributed by atoms with Crippen LogP contribution in [0.5, 0.6) is 0 Å². The number of hydrogen-bond donors (Lipinski definition) is 0. The summed E-state index contributed by atoms with van der Waals surface area (Å²) < 4.78 is 11.6. The summed E-state index contributed by atoms with van der Waals surface area (Å²) in [7, 11) is 0. The van der Waals surface area contributed by atoms with Crippen LogP contribution in [-0.2, 0) is 9.47 Å². The van der Waals surface area contributed by atoms with Gasteiger partial charge in [0, 0.05) is 13.2 Å². The third kappa shape index (κ3) is 45.9. The fourth-order valence-corrected chi connectivity index (χ4v) is 7.24. The van der Waals surface area contributed by atoms with Gasteiger partial charge in [0.25, 0.3) is 0 Å². The summed E-state index contributed by atoms with van der Waals surface area (Å²) >= 11 is 0. The largest absolute Gasteiger partial charge is 0.379 e. The van der Waals surface area contributed by atoms with Crippen molar-refractivity contribution in [1.82, 2.24) is 0 Å². The van der Waals surface area contributed by atoms with Crippen molar-refractivity contribution in [2.24, 2.45) is 0 Å². The molecule has 0 bridgehead atoms. The van der Waals surface area contributed by atoms with Gasteiger partial charge in [-0.15, -0.1) is 0 Å². The van der Waals surface area contributed by atoms with Crippen LogP contribution in [0.1, 0.15) is 271 Å². The second-order valence-corrected chi connectivity index (χ2v) is 15.7. The van der Waals surface area contributed by atoms with Crippen LogP contribution < -0.4 is 0 Å². The molecule has 0 aliphatic heterocycles. The first-order valence-corrected chi connectivity index (χ1v) is 23.1. The Balaban J connectivity index is 3.04. The number of hydrogen-bond acceptors (Lipinski definition) is 2. The van der Waals surface area contributed by atoms with Gasteiger partial charge in [-0.25, -0.2) is 0 Å². The van der Waals surface area contributed by atoms with Crippen LogP contribution >= 0.6 is 0 Å². The standard InChI is InChI=1S/C46H94O2/c1-3-5-7-9-11-13-15-17-19-21-23-25-27-29-31-33-35-37-39-41-43-47-45-46-48-44-42-40-38-36-34-32-30-28-26-24-22-20-18-16-14-12-10-8-6-4-2/h3-46H2,1-2H3. The second-order valence-electron chi connectivity index (χ2n) is 15.7. The van der Waals surface area contributed by atoms with Crippen LogP contribution in [0, 0.1) is 0 Å². The van der Waals surface area contributed by atoms with Crippen molar-refractivity contribution in [2.75, 3.05) is 26.4 Å². The van der Waals surface area contributed by atoms with Crippen LogP contribution in [0.3, 0.4) is 0 Å². The van der Waals surface area contributed by atoms with Gasteiger partial charge in [0.1, 0.15) is 0 Å². The summed E-state index contributed by atoms with van der Waals surface area (Å²) in [4.78, 5) is 0. The van der Waals surface area contributed by atoms with E-state index in [0.717, 1.165) is 26.4 Å². The molecule has 0 aliphatic carbocycles. The van der Waals surface area contributed by atoms with Crippen molar-refractivity contribution in [2.45, 2.75) is 271 Å². The van der Waals surface area contributed by atoms with Crippen molar-refractivity contribution in [3.63, 3.8) is 0 Å². The average molecular weight is 679 g/mol. The van der Waals surface area contributed by atoms with Gasteiger partial charge in [0.15, 0.2) is 0 Å². The van der Waals surface area contributed by atoms with E-state index in [-0.39, 0.29) is 0 Å². The van der Waals surface area contributed by atoms with Crippen molar-refractivity contribution in [3.8, 4) is 0 Å². The summed E-state index contributed by atoms with van der Waals surface area (Å²) in [6.07, 6.45) is 57.4. The molecule has 2 heteroatoms. The molecule has 290 valence electrons. The lowest BCUT2D eigenvalue weighted by atomic mass is 10.0. The molecule has 0 unspecified atom stereocenters. The summed E-state index contributed by atoms with van der Waals surface area (Å²) in [5, 5.41) is 0. The summed E-state index contributed by atoms with van der Waals surface area (Å²) in [6.45, 7) is 8.00. The molecule has 0 aromatic rings. The molecule has 0 spiro atoms. The zero-order valence-electron chi connectivity index (χ0n) is 33.9. The van der Waals surface area contributed by atoms with Crippen LogP contribution in [-0.4, -0.2) is 26.4 Å². The molecule has 48 heavy (non-hydrogen) atoms. The molecule has 0 heterocycles. The van der Waals surface area contributed by atoms with E-state index in [9.17, 15) is 0 Å². The van der Waals surface area contributed by atoms with E-state index in [2.05, 4.69) is 13.8 Å². The van der Waals surface area contributed by atoms with E-state index < -0.39 is 0 Å². The van der Waals surface area contributed by atoms with E-state index in [1.807, 2.05) is 0 Å². The molecular weight excluding hydrogens is 585 g/mol. The Morgan fingerprint density at radius 3 is 0.479 bits per heavy atom. The fraction of sp³-hybridized carbons (Fsp3) is 1.00. The van der Waals surface area contributed by atoms with E-state index in [4.69, 9.17) is 9.47 Å². The molecular formula is C46H94O2. The average Bonchev–Trinajstić information content (AvgIpc) is 3.10. The predicted molar refractivity (Wildman–Crippen MR) is 218 cm³/mol. The molecule has 0 rings (SSSR count). The lowest BCUT2D eigenvalue weighted by molar-refractivity contribution is 0.0448. The Labute approximate surface area is 305 Å². The summed E-state index contributed by atoms with van der Waals surface area (Å²) in [6, 6.07) is 0. The molecule has 0 aromatic heterocycles. The van der Waals surface area contributed by atoms with Gasteiger partial charge in [-0.05, 0) is 12.8 Å². The minimum absolute atomic E-state index is 0.776. The lowest BCUT2D eigenvalue weighted by Crippen LogP contribution is -2.06. The first-order valence-electron chi connectivity index (χ1n) is 23.1. The van der Waals surface area contributed by atoms with Crippen molar-refractivity contribution in [3.05, 3.63) is 0 Å². The monoisotopic (exact) mass is 679 g/mol. The number of ether oxygens (including phenoxy) is 2. The second kappa shape index (κ2) is 46.9. The zero-order valence-corrected chi connectivity index (χ0v) is 33.9. The van der Waals surface area contributed by atoms with Crippen molar-refractivity contribution in [1.29, 1.82) is 0 Å². The molecule has 0 N–H and O–H groups in total. The maximum Gasteiger partial charge on any atom is 0.0700 e. The van der Waals surface area contributed by atoms with Crippen LogP contribution in [0.4, 0.5) is 0 Å². The van der Waals surface area contributed by atoms with E-state index in [1.54, 1.807) is 0 Å². The van der Waals surface area contributed by atoms with Crippen LogP contribution in [0.2, 0.25) is 0 Å². The molecule has 0 fully saturated rings. The SMILES string of the molecule is CCCCCCCCCCCCCCCCCCCCCCOCCOCCCCCCCCCCCCCCCCCCCCCC. The van der Waals surface area contributed by atoms with Gasteiger partial charge >= 0.3 is 0 Å². The van der Waals surface area contributed by atoms with Crippen molar-refractivity contribution >= 4 is 0 Å². The van der Waals surface area contributed by atoms with Gasteiger partial charge in [-0.2, -0.15) is 0 Å². The smallest absolute Gasteiger partial charge is 0.0700 e. The van der Waals surface area contributed by atoms with Gasteiger partial charge in [0.05, 0.1) is 13.2 Å². The Bertz CT molecular complexity index is 474. The zero-order chi connectivity index (χ0) is 34.5. The van der Waals surface area contributed by atoms with Crippen molar-refractivity contribution < 1.29 is 9.47 Å². The van der Waals surface area contributed by atoms with E-state index in [0.29, 0.717) is 0 Å². The summed E-state index contributed by atoms with van der Waals surface area (Å²) in [5.41, 5.74) is 0. The number of unbranched alkanes of at least 4 members (excludes halogenated alkanes) is 38. The Morgan fingerprint density at radius 1 is 0.167 bits per heavy atom. The Hall–Kier alpha value is -0.0800. The van der Waals surface area contributed by atoms with Gasteiger partial charge < -0.3 is 9.47 Å². The highest BCUT2D eigenvalue weighted by Crippen LogP contribution is 2.16. The molecule has 0 saturated heterocycles. The highest BCUT2D eigenvalue weighted by molar-refractivity contribution is 4.53. The normalized spacial score (nSPS) is 11.6. The molecule has 0 saturated carbocycles. The molecule has 0 aromatic carbocycles. The molecule has 0 aliphatic rings. The van der Waals surface area contributed by atoms with Crippen LogP contribution in [0.15, 0.2) is 0 Å². The summed E-state index contributed by atoms with van der Waals surface area (Å²) in [5.74, 6) is 0. The predicted octanol–water partition coefficient (Wildman–Crippen LogP) is 16.7. The third-order valence-electron chi connectivity index (χ3n) is 10.7. The van der Waals surface area contributed by atoms with E-state index >= 15 is 0 Å². The first kappa shape index (κ1) is 47.9. The van der Waals surface area contributed by atoms with E-state index in [1.165, 1.54) is 257 Å². The van der Waals surface area contributed by atoms with Gasteiger partial charge in [-0.1, -0.05) is 258 Å². The third-order valence-corrected chi connectivity index (χ3v) is 10.7. The van der Waals surface area contributed by atoms with Crippen LogP contribution in [0.25, 0.3) is 0 Å². The minimum Gasteiger partial charge on any atom is -0.379 e. The molecule has 2 nitrogen and oxygen atoms in total. The lowest BCUT2D eigenvalue weighted by Gasteiger charge is -2.06. The molecule has 0 amide bonds. The first-order chi connectivity index (χ1) is 23.9.